The van der Waals surface area contributed by atoms with Crippen molar-refractivity contribution in [3.05, 3.63) is 87.6 Å². The molecule has 0 aliphatic carbocycles. The van der Waals surface area contributed by atoms with Crippen LogP contribution in [0.1, 0.15) is 40.2 Å². The number of hydrogen-bond acceptors (Lipinski definition) is 4. The number of fused-ring (bicyclic) bond motifs is 1. The third-order valence-electron chi connectivity index (χ3n) is 6.60. The summed E-state index contributed by atoms with van der Waals surface area (Å²) in [6, 6.07) is 17.8. The topological polar surface area (TPSA) is 67.9 Å². The van der Waals surface area contributed by atoms with Crippen molar-refractivity contribution < 1.29 is 23.5 Å². The van der Waals surface area contributed by atoms with Crippen LogP contribution in [-0.4, -0.2) is 43.0 Å². The smallest absolute Gasteiger partial charge is 0.253 e. The second kappa shape index (κ2) is 10.7. The summed E-state index contributed by atoms with van der Waals surface area (Å²) in [7, 11) is 0. The highest BCUT2D eigenvalue weighted by Crippen LogP contribution is 2.33. The molecule has 2 aliphatic rings. The molecule has 8 heteroatoms. The number of hydrogen-bond donors (Lipinski definition) is 1. The standard InChI is InChI=1S/C28H26BrFN2O4/c29-22-5-1-20(24(30)17-22)16-27(33)31-23-6-2-18(3-7-23)19-9-11-32(12-10-19)28(34)21-4-8-25-26(15-21)36-14-13-35-25/h1-8,15,17,19H,9-14,16H2,(H,31,33). The minimum absolute atomic E-state index is 0.00527. The first-order valence-corrected chi connectivity index (χ1v) is 12.8. The SMILES string of the molecule is O=C(Cc1ccc(Br)cc1F)Nc1ccc(C2CCN(C(=O)c3ccc4c(c3)OCCO4)CC2)cc1. The van der Waals surface area contributed by atoms with Crippen molar-refractivity contribution in [1.29, 1.82) is 0 Å². The summed E-state index contributed by atoms with van der Waals surface area (Å²) in [5.74, 6) is 0.970. The predicted octanol–water partition coefficient (Wildman–Crippen LogP) is 5.56. The molecule has 0 atom stereocenters. The van der Waals surface area contributed by atoms with Gasteiger partial charge in [-0.25, -0.2) is 4.39 Å². The van der Waals surface area contributed by atoms with Crippen molar-refractivity contribution >= 4 is 33.4 Å². The van der Waals surface area contributed by atoms with Crippen LogP contribution in [0.4, 0.5) is 10.1 Å². The summed E-state index contributed by atoms with van der Waals surface area (Å²) in [5, 5.41) is 2.83. The second-order valence-electron chi connectivity index (χ2n) is 9.01. The number of carbonyl (C=O) groups is 2. The molecule has 1 N–H and O–H groups in total. The molecule has 1 saturated heterocycles. The zero-order valence-corrected chi connectivity index (χ0v) is 21.2. The molecule has 0 unspecified atom stereocenters. The molecule has 0 aromatic heterocycles. The monoisotopic (exact) mass is 552 g/mol. The maximum Gasteiger partial charge on any atom is 0.253 e. The molecule has 1 fully saturated rings. The van der Waals surface area contributed by atoms with E-state index in [0.717, 1.165) is 12.8 Å². The quantitative estimate of drug-likeness (QED) is 0.450. The van der Waals surface area contributed by atoms with Crippen LogP contribution in [0.5, 0.6) is 11.5 Å². The minimum Gasteiger partial charge on any atom is -0.486 e. The second-order valence-corrected chi connectivity index (χ2v) is 9.92. The van der Waals surface area contributed by atoms with Gasteiger partial charge in [-0.15, -0.1) is 0 Å². The number of amides is 2. The Morgan fingerprint density at radius 1 is 0.944 bits per heavy atom. The maximum absolute atomic E-state index is 14.0. The molecule has 0 radical (unpaired) electrons. The highest BCUT2D eigenvalue weighted by Gasteiger charge is 2.26. The highest BCUT2D eigenvalue weighted by atomic mass is 79.9. The van der Waals surface area contributed by atoms with Gasteiger partial charge in [0, 0.05) is 28.8 Å². The van der Waals surface area contributed by atoms with Gasteiger partial charge >= 0.3 is 0 Å². The molecule has 3 aromatic rings. The number of likely N-dealkylation sites (tertiary alicyclic amines) is 1. The van der Waals surface area contributed by atoms with Crippen LogP contribution in [0.25, 0.3) is 0 Å². The number of halogens is 2. The van der Waals surface area contributed by atoms with E-state index in [9.17, 15) is 14.0 Å². The van der Waals surface area contributed by atoms with Crippen LogP contribution in [0.2, 0.25) is 0 Å². The molecule has 2 aliphatic heterocycles. The Bertz CT molecular complexity index is 1270. The number of benzene rings is 3. The maximum atomic E-state index is 14.0. The molecule has 0 bridgehead atoms. The largest absolute Gasteiger partial charge is 0.486 e. The summed E-state index contributed by atoms with van der Waals surface area (Å²) in [5.41, 5.74) is 2.82. The lowest BCUT2D eigenvalue weighted by Crippen LogP contribution is -2.38. The van der Waals surface area contributed by atoms with E-state index in [-0.39, 0.29) is 18.2 Å². The number of ether oxygens (including phenoxy) is 2. The van der Waals surface area contributed by atoms with Crippen molar-refractivity contribution in [2.75, 3.05) is 31.6 Å². The lowest BCUT2D eigenvalue weighted by molar-refractivity contribution is -0.115. The fraction of sp³-hybridized carbons (Fsp3) is 0.286. The highest BCUT2D eigenvalue weighted by molar-refractivity contribution is 9.10. The van der Waals surface area contributed by atoms with E-state index in [1.54, 1.807) is 30.3 Å². The van der Waals surface area contributed by atoms with Gasteiger partial charge in [-0.05, 0) is 72.4 Å². The van der Waals surface area contributed by atoms with E-state index in [1.807, 2.05) is 29.2 Å². The van der Waals surface area contributed by atoms with Gasteiger partial charge in [0.1, 0.15) is 19.0 Å². The van der Waals surface area contributed by atoms with Crippen LogP contribution in [0.3, 0.4) is 0 Å². The molecule has 2 amide bonds. The van der Waals surface area contributed by atoms with Crippen molar-refractivity contribution in [3.63, 3.8) is 0 Å². The molecular formula is C28H26BrFN2O4. The molecule has 0 spiro atoms. The molecule has 2 heterocycles. The van der Waals surface area contributed by atoms with Gasteiger partial charge in [0.05, 0.1) is 6.42 Å². The molecule has 186 valence electrons. The number of nitrogens with zero attached hydrogens (tertiary/aromatic N) is 1. The van der Waals surface area contributed by atoms with Crippen LogP contribution < -0.4 is 14.8 Å². The molecule has 5 rings (SSSR count). The normalized spacial score (nSPS) is 15.4. The van der Waals surface area contributed by atoms with E-state index >= 15 is 0 Å². The van der Waals surface area contributed by atoms with Gasteiger partial charge in [-0.1, -0.05) is 34.1 Å². The fourth-order valence-electron chi connectivity index (χ4n) is 4.66. The van der Waals surface area contributed by atoms with Crippen LogP contribution in [-0.2, 0) is 11.2 Å². The lowest BCUT2D eigenvalue weighted by atomic mass is 9.89. The van der Waals surface area contributed by atoms with Gasteiger partial charge in [0.25, 0.3) is 5.91 Å². The van der Waals surface area contributed by atoms with Crippen LogP contribution >= 0.6 is 15.9 Å². The summed E-state index contributed by atoms with van der Waals surface area (Å²) < 4.78 is 25.8. The summed E-state index contributed by atoms with van der Waals surface area (Å²) in [6.07, 6.45) is 1.70. The predicted molar refractivity (Wildman–Crippen MR) is 138 cm³/mol. The van der Waals surface area contributed by atoms with Crippen LogP contribution in [0.15, 0.2) is 65.1 Å². The Kier molecular flexibility index (Phi) is 7.23. The minimum atomic E-state index is -0.409. The molecule has 36 heavy (non-hydrogen) atoms. The zero-order valence-electron chi connectivity index (χ0n) is 19.6. The first kappa shape index (κ1) is 24.3. The average Bonchev–Trinajstić information content (AvgIpc) is 2.90. The van der Waals surface area contributed by atoms with E-state index < -0.39 is 5.82 Å². The number of piperidine rings is 1. The number of rotatable bonds is 5. The third kappa shape index (κ3) is 5.54. The molecular weight excluding hydrogens is 527 g/mol. The Balaban J connectivity index is 1.14. The van der Waals surface area contributed by atoms with Gasteiger partial charge in [0.2, 0.25) is 5.91 Å². The van der Waals surface area contributed by atoms with Crippen molar-refractivity contribution in [2.45, 2.75) is 25.2 Å². The van der Waals surface area contributed by atoms with E-state index in [2.05, 4.69) is 21.2 Å². The number of anilines is 1. The molecule has 6 nitrogen and oxygen atoms in total. The lowest BCUT2D eigenvalue weighted by Gasteiger charge is -2.32. The van der Waals surface area contributed by atoms with Crippen molar-refractivity contribution in [1.82, 2.24) is 4.90 Å². The van der Waals surface area contributed by atoms with E-state index in [0.29, 0.717) is 65.0 Å². The van der Waals surface area contributed by atoms with Crippen LogP contribution in [0, 0.1) is 5.82 Å². The van der Waals surface area contributed by atoms with Gasteiger partial charge in [-0.3, -0.25) is 9.59 Å². The number of nitrogens with one attached hydrogen (secondary N) is 1. The van der Waals surface area contributed by atoms with Crippen molar-refractivity contribution in [2.24, 2.45) is 0 Å². The summed E-state index contributed by atoms with van der Waals surface area (Å²) in [4.78, 5) is 27.3. The Morgan fingerprint density at radius 3 is 2.39 bits per heavy atom. The van der Waals surface area contributed by atoms with Crippen molar-refractivity contribution in [3.8, 4) is 11.5 Å². The number of carbonyl (C=O) groups excluding carboxylic acids is 2. The van der Waals surface area contributed by atoms with Gasteiger partial charge in [0.15, 0.2) is 11.5 Å². The van der Waals surface area contributed by atoms with Gasteiger partial charge < -0.3 is 19.7 Å². The first-order chi connectivity index (χ1) is 17.5. The summed E-state index contributed by atoms with van der Waals surface area (Å²) in [6.45, 7) is 2.36. The Hall–Kier alpha value is -3.39. The summed E-state index contributed by atoms with van der Waals surface area (Å²) >= 11 is 3.22. The zero-order chi connectivity index (χ0) is 25.1. The fourth-order valence-corrected chi connectivity index (χ4v) is 4.99. The Morgan fingerprint density at radius 2 is 1.67 bits per heavy atom. The Labute approximate surface area is 217 Å². The van der Waals surface area contributed by atoms with E-state index in [4.69, 9.17) is 9.47 Å². The first-order valence-electron chi connectivity index (χ1n) is 12.0. The molecule has 0 saturated carbocycles. The third-order valence-corrected chi connectivity index (χ3v) is 7.10. The average molecular weight is 553 g/mol. The van der Waals surface area contributed by atoms with E-state index in [1.165, 1.54) is 11.6 Å². The van der Waals surface area contributed by atoms with Gasteiger partial charge in [-0.2, -0.15) is 0 Å². The molecule has 3 aromatic carbocycles.